The molecule has 0 amide bonds. The topological polar surface area (TPSA) is 69.5 Å². The van der Waals surface area contributed by atoms with Crippen LogP contribution in [0.2, 0.25) is 5.15 Å². The molecule has 2 heterocycles. The zero-order valence-electron chi connectivity index (χ0n) is 21.5. The fourth-order valence-electron chi connectivity index (χ4n) is 4.23. The van der Waals surface area contributed by atoms with Gasteiger partial charge in [0.25, 0.3) is 0 Å². The monoisotopic (exact) mass is 576 g/mol. The summed E-state index contributed by atoms with van der Waals surface area (Å²) < 4.78 is 41.7. The number of pyridine rings is 1. The highest BCUT2D eigenvalue weighted by Gasteiger charge is 2.32. The van der Waals surface area contributed by atoms with Crippen LogP contribution in [-0.4, -0.2) is 48.6 Å². The van der Waals surface area contributed by atoms with Crippen molar-refractivity contribution in [3.8, 4) is 0 Å². The lowest BCUT2D eigenvalue weighted by Crippen LogP contribution is -2.43. The number of hydrogen-bond acceptors (Lipinski definition) is 7. The van der Waals surface area contributed by atoms with E-state index in [1.54, 1.807) is 11.9 Å². The second-order valence-corrected chi connectivity index (χ2v) is 10.7. The van der Waals surface area contributed by atoms with Crippen LogP contribution in [0.15, 0.2) is 72.1 Å². The summed E-state index contributed by atoms with van der Waals surface area (Å²) in [4.78, 5) is 7.02. The summed E-state index contributed by atoms with van der Waals surface area (Å²) in [5.41, 5.74) is 8.78. The van der Waals surface area contributed by atoms with Crippen molar-refractivity contribution in [1.29, 1.82) is 0 Å². The maximum absolute atomic E-state index is 13.2. The highest BCUT2D eigenvalue weighted by Crippen LogP contribution is 2.34. The zero-order chi connectivity index (χ0) is 27.8. The lowest BCUT2D eigenvalue weighted by molar-refractivity contribution is -0.137. The van der Waals surface area contributed by atoms with Crippen LogP contribution in [0.5, 0.6) is 0 Å². The van der Waals surface area contributed by atoms with Gasteiger partial charge in [0.15, 0.2) is 0 Å². The molecule has 1 aliphatic rings. The van der Waals surface area contributed by atoms with Crippen LogP contribution in [0.25, 0.3) is 5.70 Å². The van der Waals surface area contributed by atoms with E-state index in [2.05, 4.69) is 38.6 Å². The number of anilines is 2. The van der Waals surface area contributed by atoms with Crippen LogP contribution in [-0.2, 0) is 12.7 Å². The number of aromatic nitrogens is 1. The van der Waals surface area contributed by atoms with Gasteiger partial charge in [-0.15, -0.1) is 0 Å². The third-order valence-electron chi connectivity index (χ3n) is 6.27. The van der Waals surface area contributed by atoms with Crippen molar-refractivity contribution >= 4 is 40.8 Å². The van der Waals surface area contributed by atoms with Crippen molar-refractivity contribution in [2.45, 2.75) is 24.0 Å². The van der Waals surface area contributed by atoms with E-state index in [1.165, 1.54) is 5.56 Å². The Hall–Kier alpha value is -2.76. The van der Waals surface area contributed by atoms with Crippen molar-refractivity contribution in [1.82, 2.24) is 14.6 Å². The number of alkyl halides is 3. The molecule has 2 aromatic carbocycles. The van der Waals surface area contributed by atoms with Crippen molar-refractivity contribution in [3.05, 3.63) is 89.1 Å². The lowest BCUT2D eigenvalue weighted by atomic mass is 10.0. The van der Waals surface area contributed by atoms with E-state index in [0.29, 0.717) is 32.7 Å². The standard InChI is InChI=1S/C28H32ClF3N6S/c1-20(25-6-3-2-5-21(25)19-34-12-4-11-33)35-23-7-9-24(10-8-23)39-38-15-13-37(14-16-38)27-18-22(28(30,31)32)17-26(29)36-27/h2-3,5-10,17-18,34-35H,1,4,11-16,19,33H2. The van der Waals surface area contributed by atoms with E-state index in [0.717, 1.165) is 53.5 Å². The molecule has 0 bridgehead atoms. The van der Waals surface area contributed by atoms with Crippen molar-refractivity contribution in [2.75, 3.05) is 49.5 Å². The minimum Gasteiger partial charge on any atom is -0.356 e. The maximum Gasteiger partial charge on any atom is 0.416 e. The number of rotatable bonds is 11. The third kappa shape index (κ3) is 8.36. The van der Waals surface area contributed by atoms with E-state index in [1.807, 2.05) is 41.3 Å². The van der Waals surface area contributed by atoms with Gasteiger partial charge in [-0.25, -0.2) is 9.29 Å². The Balaban J connectivity index is 1.29. The van der Waals surface area contributed by atoms with Gasteiger partial charge in [0, 0.05) is 54.6 Å². The average molecular weight is 577 g/mol. The number of benzene rings is 2. The summed E-state index contributed by atoms with van der Waals surface area (Å²) in [6.07, 6.45) is -3.53. The first-order valence-corrected chi connectivity index (χ1v) is 13.9. The Bertz CT molecular complexity index is 1250. The minimum atomic E-state index is -4.46. The number of nitrogens with one attached hydrogen (secondary N) is 2. The Kier molecular flexibility index (Phi) is 10.1. The van der Waals surface area contributed by atoms with Crippen molar-refractivity contribution in [2.24, 2.45) is 5.73 Å². The van der Waals surface area contributed by atoms with Gasteiger partial charge in [-0.1, -0.05) is 42.4 Å². The molecular formula is C28H32ClF3N6S. The van der Waals surface area contributed by atoms with Crippen LogP contribution in [0.1, 0.15) is 23.1 Å². The quantitative estimate of drug-likeness (QED) is 0.145. The highest BCUT2D eigenvalue weighted by atomic mass is 35.5. The lowest BCUT2D eigenvalue weighted by Gasteiger charge is -2.34. The molecule has 208 valence electrons. The normalized spacial score (nSPS) is 14.4. The molecule has 1 saturated heterocycles. The van der Waals surface area contributed by atoms with Crippen LogP contribution in [0.4, 0.5) is 24.7 Å². The maximum atomic E-state index is 13.2. The summed E-state index contributed by atoms with van der Waals surface area (Å²) in [5, 5.41) is 6.67. The molecule has 0 spiro atoms. The van der Waals surface area contributed by atoms with E-state index < -0.39 is 11.7 Å². The molecule has 4 rings (SSSR count). The minimum absolute atomic E-state index is 0.157. The molecule has 39 heavy (non-hydrogen) atoms. The molecule has 0 unspecified atom stereocenters. The van der Waals surface area contributed by atoms with Gasteiger partial charge in [0.05, 0.1) is 5.56 Å². The zero-order valence-corrected chi connectivity index (χ0v) is 23.0. The summed E-state index contributed by atoms with van der Waals surface area (Å²) in [5.74, 6) is 0.253. The molecule has 0 atom stereocenters. The van der Waals surface area contributed by atoms with E-state index in [9.17, 15) is 13.2 Å². The Labute approximate surface area is 236 Å². The van der Waals surface area contributed by atoms with E-state index >= 15 is 0 Å². The first kappa shape index (κ1) is 29.2. The second-order valence-electron chi connectivity index (χ2n) is 9.15. The number of nitrogens with two attached hydrogens (primary N) is 1. The molecule has 1 aromatic heterocycles. The largest absolute Gasteiger partial charge is 0.416 e. The molecule has 0 aliphatic carbocycles. The first-order chi connectivity index (χ1) is 18.7. The molecule has 0 saturated carbocycles. The van der Waals surface area contributed by atoms with Gasteiger partial charge in [0.1, 0.15) is 11.0 Å². The van der Waals surface area contributed by atoms with Crippen LogP contribution in [0, 0.1) is 0 Å². The van der Waals surface area contributed by atoms with E-state index in [4.69, 9.17) is 17.3 Å². The van der Waals surface area contributed by atoms with Crippen LogP contribution in [0.3, 0.4) is 0 Å². The van der Waals surface area contributed by atoms with Gasteiger partial charge in [-0.2, -0.15) is 13.2 Å². The van der Waals surface area contributed by atoms with Gasteiger partial charge >= 0.3 is 6.18 Å². The highest BCUT2D eigenvalue weighted by molar-refractivity contribution is 7.97. The first-order valence-electron chi connectivity index (χ1n) is 12.7. The Morgan fingerprint density at radius 3 is 2.46 bits per heavy atom. The van der Waals surface area contributed by atoms with Gasteiger partial charge in [-0.05, 0) is 73.4 Å². The summed E-state index contributed by atoms with van der Waals surface area (Å²) in [6, 6.07) is 18.2. The SMILES string of the molecule is C=C(Nc1ccc(SN2CCN(c3cc(C(F)(F)F)cc(Cl)n3)CC2)cc1)c1ccccc1CNCCCN. The molecular weight excluding hydrogens is 545 g/mol. The number of nitrogens with zero attached hydrogens (tertiary/aromatic N) is 3. The third-order valence-corrected chi connectivity index (χ3v) is 7.57. The number of halogens is 4. The second kappa shape index (κ2) is 13.5. The molecule has 1 fully saturated rings. The summed E-state index contributed by atoms with van der Waals surface area (Å²) in [6.45, 7) is 8.98. The summed E-state index contributed by atoms with van der Waals surface area (Å²) in [7, 11) is 0. The van der Waals surface area contributed by atoms with Crippen molar-refractivity contribution < 1.29 is 13.2 Å². The molecule has 11 heteroatoms. The molecule has 1 aliphatic heterocycles. The number of piperazine rings is 1. The predicted octanol–water partition coefficient (Wildman–Crippen LogP) is 6.10. The van der Waals surface area contributed by atoms with Crippen LogP contribution >= 0.6 is 23.5 Å². The Morgan fingerprint density at radius 2 is 1.77 bits per heavy atom. The van der Waals surface area contributed by atoms with Gasteiger partial charge in [-0.3, -0.25) is 0 Å². The molecule has 4 N–H and O–H groups in total. The Morgan fingerprint density at radius 1 is 1.05 bits per heavy atom. The van der Waals surface area contributed by atoms with Gasteiger partial charge < -0.3 is 21.3 Å². The fraction of sp³-hybridized carbons (Fsp3) is 0.321. The summed E-state index contributed by atoms with van der Waals surface area (Å²) >= 11 is 7.48. The van der Waals surface area contributed by atoms with Gasteiger partial charge in [0.2, 0.25) is 0 Å². The molecule has 3 aromatic rings. The van der Waals surface area contributed by atoms with Crippen LogP contribution < -0.4 is 21.3 Å². The molecule has 0 radical (unpaired) electrons. The molecule has 6 nitrogen and oxygen atoms in total. The van der Waals surface area contributed by atoms with E-state index in [-0.39, 0.29) is 11.0 Å². The fourth-order valence-corrected chi connectivity index (χ4v) is 5.33. The average Bonchev–Trinajstić information content (AvgIpc) is 2.92. The smallest absolute Gasteiger partial charge is 0.356 e. The number of hydrogen-bond donors (Lipinski definition) is 3. The predicted molar refractivity (Wildman–Crippen MR) is 155 cm³/mol. The van der Waals surface area contributed by atoms with Crippen molar-refractivity contribution in [3.63, 3.8) is 0 Å².